The summed E-state index contributed by atoms with van der Waals surface area (Å²) in [6.45, 7) is 4.02. The third-order valence-electron chi connectivity index (χ3n) is 5.44. The van der Waals surface area contributed by atoms with Gasteiger partial charge in [0.25, 0.3) is 0 Å². The Bertz CT molecular complexity index is 889. The molecule has 2 N–H and O–H groups in total. The van der Waals surface area contributed by atoms with E-state index in [1.807, 2.05) is 35.2 Å². The van der Waals surface area contributed by atoms with Gasteiger partial charge < -0.3 is 14.6 Å². The molecule has 2 amide bonds. The van der Waals surface area contributed by atoms with Crippen molar-refractivity contribution in [3.05, 3.63) is 77.0 Å². The van der Waals surface area contributed by atoms with Crippen LogP contribution in [-0.4, -0.2) is 34.2 Å². The Morgan fingerprint density at radius 1 is 1.29 bits per heavy atom. The van der Waals surface area contributed by atoms with Gasteiger partial charge in [-0.05, 0) is 30.5 Å². The molecule has 6 nitrogen and oxygen atoms in total. The number of hydrogen-bond donors (Lipinski definition) is 2. The van der Waals surface area contributed by atoms with Crippen LogP contribution in [0.3, 0.4) is 0 Å². The SMILES string of the molecule is CCc1n[nH]c2c1CN(C(=O)NCC[C@H](c1ccccc1)c1ccco1)CC2. The molecule has 3 heterocycles. The molecule has 0 saturated carbocycles. The maximum Gasteiger partial charge on any atom is 0.317 e. The van der Waals surface area contributed by atoms with Gasteiger partial charge in [-0.2, -0.15) is 5.10 Å². The van der Waals surface area contributed by atoms with Crippen molar-refractivity contribution in [2.24, 2.45) is 0 Å². The predicted molar refractivity (Wildman–Crippen MR) is 107 cm³/mol. The standard InChI is InChI=1S/C22H26N4O2/c1-2-19-18-15-26(13-11-20(18)25-24-19)22(27)23-12-10-17(21-9-6-14-28-21)16-7-4-3-5-8-16/h3-9,14,17H,2,10-13,15H2,1H3,(H,23,27)(H,24,25)/t17-/m1/s1. The van der Waals surface area contributed by atoms with Crippen molar-refractivity contribution >= 4 is 6.03 Å². The van der Waals surface area contributed by atoms with Crippen LogP contribution in [0.25, 0.3) is 0 Å². The number of carbonyl (C=O) groups is 1. The monoisotopic (exact) mass is 378 g/mol. The summed E-state index contributed by atoms with van der Waals surface area (Å²) >= 11 is 0. The number of aryl methyl sites for hydroxylation is 1. The Morgan fingerprint density at radius 3 is 2.89 bits per heavy atom. The summed E-state index contributed by atoms with van der Waals surface area (Å²) in [4.78, 5) is 14.6. The molecule has 1 atom stereocenters. The zero-order valence-corrected chi connectivity index (χ0v) is 16.1. The zero-order chi connectivity index (χ0) is 19.3. The first-order valence-corrected chi connectivity index (χ1v) is 9.92. The van der Waals surface area contributed by atoms with Crippen molar-refractivity contribution in [3.8, 4) is 0 Å². The Balaban J connectivity index is 1.37. The lowest BCUT2D eigenvalue weighted by atomic mass is 9.93. The van der Waals surface area contributed by atoms with E-state index < -0.39 is 0 Å². The number of aromatic amines is 1. The molecule has 0 aliphatic carbocycles. The third kappa shape index (κ3) is 3.81. The lowest BCUT2D eigenvalue weighted by molar-refractivity contribution is 0.191. The van der Waals surface area contributed by atoms with E-state index >= 15 is 0 Å². The minimum Gasteiger partial charge on any atom is -0.469 e. The highest BCUT2D eigenvalue weighted by Gasteiger charge is 2.25. The molecule has 28 heavy (non-hydrogen) atoms. The molecule has 0 saturated heterocycles. The van der Waals surface area contributed by atoms with Gasteiger partial charge in [0.05, 0.1) is 18.5 Å². The Labute approximate surface area is 164 Å². The lowest BCUT2D eigenvalue weighted by Crippen LogP contribution is -2.43. The minimum absolute atomic E-state index is 0.0137. The number of H-pyrrole nitrogens is 1. The van der Waals surface area contributed by atoms with Gasteiger partial charge in [0.2, 0.25) is 0 Å². The van der Waals surface area contributed by atoms with Gasteiger partial charge in [0.1, 0.15) is 5.76 Å². The highest BCUT2D eigenvalue weighted by atomic mass is 16.3. The second-order valence-corrected chi connectivity index (χ2v) is 7.15. The van der Waals surface area contributed by atoms with Gasteiger partial charge in [0.15, 0.2) is 0 Å². The molecule has 1 aromatic carbocycles. The molecule has 0 radical (unpaired) electrons. The molecule has 1 aliphatic rings. The van der Waals surface area contributed by atoms with Crippen LogP contribution in [0.15, 0.2) is 53.1 Å². The van der Waals surface area contributed by atoms with Gasteiger partial charge in [-0.1, -0.05) is 37.3 Å². The van der Waals surface area contributed by atoms with Crippen LogP contribution in [-0.2, 0) is 19.4 Å². The number of furan rings is 1. The highest BCUT2D eigenvalue weighted by Crippen LogP contribution is 2.28. The predicted octanol–water partition coefficient (Wildman–Crippen LogP) is 3.86. The van der Waals surface area contributed by atoms with E-state index in [0.717, 1.165) is 30.7 Å². The van der Waals surface area contributed by atoms with Crippen molar-refractivity contribution in [2.45, 2.75) is 38.6 Å². The molecule has 3 aromatic rings. The number of fused-ring (bicyclic) bond motifs is 1. The molecule has 6 heteroatoms. The van der Waals surface area contributed by atoms with Gasteiger partial charge in [-0.3, -0.25) is 5.10 Å². The van der Waals surface area contributed by atoms with Crippen LogP contribution in [0.1, 0.15) is 47.5 Å². The molecular formula is C22H26N4O2. The average Bonchev–Trinajstić information content (AvgIpc) is 3.41. The van der Waals surface area contributed by atoms with Gasteiger partial charge in [-0.15, -0.1) is 0 Å². The number of carbonyl (C=O) groups excluding carboxylic acids is 1. The molecule has 2 aromatic heterocycles. The number of nitrogens with one attached hydrogen (secondary N) is 2. The molecule has 0 unspecified atom stereocenters. The molecular weight excluding hydrogens is 352 g/mol. The van der Waals surface area contributed by atoms with Gasteiger partial charge in [0, 0.05) is 36.7 Å². The Kier molecular flexibility index (Phi) is 5.46. The molecule has 146 valence electrons. The van der Waals surface area contributed by atoms with E-state index in [1.54, 1.807) is 6.26 Å². The topological polar surface area (TPSA) is 74.2 Å². The fourth-order valence-electron chi connectivity index (χ4n) is 3.90. The minimum atomic E-state index is -0.0137. The lowest BCUT2D eigenvalue weighted by Gasteiger charge is -2.27. The van der Waals surface area contributed by atoms with E-state index in [-0.39, 0.29) is 11.9 Å². The fraction of sp³-hybridized carbons (Fsp3) is 0.364. The van der Waals surface area contributed by atoms with Crippen LogP contribution in [0.5, 0.6) is 0 Å². The van der Waals surface area contributed by atoms with E-state index in [4.69, 9.17) is 4.42 Å². The molecule has 0 fully saturated rings. The Hall–Kier alpha value is -3.02. The summed E-state index contributed by atoms with van der Waals surface area (Å²) in [5.41, 5.74) is 4.61. The molecule has 0 bridgehead atoms. The molecule has 1 aliphatic heterocycles. The number of nitrogens with zero attached hydrogens (tertiary/aromatic N) is 2. The number of benzene rings is 1. The van der Waals surface area contributed by atoms with Crippen molar-refractivity contribution in [1.82, 2.24) is 20.4 Å². The number of hydrogen-bond acceptors (Lipinski definition) is 3. The van der Waals surface area contributed by atoms with Crippen molar-refractivity contribution in [2.75, 3.05) is 13.1 Å². The van der Waals surface area contributed by atoms with Gasteiger partial charge in [-0.25, -0.2) is 4.79 Å². The second-order valence-electron chi connectivity index (χ2n) is 7.15. The van der Waals surface area contributed by atoms with E-state index in [2.05, 4.69) is 34.6 Å². The van der Waals surface area contributed by atoms with Crippen LogP contribution in [0, 0.1) is 0 Å². The van der Waals surface area contributed by atoms with Crippen LogP contribution in [0.4, 0.5) is 4.79 Å². The second kappa shape index (κ2) is 8.33. The van der Waals surface area contributed by atoms with Crippen molar-refractivity contribution in [1.29, 1.82) is 0 Å². The zero-order valence-electron chi connectivity index (χ0n) is 16.1. The summed E-state index contributed by atoms with van der Waals surface area (Å²) in [6, 6.07) is 14.2. The number of aromatic nitrogens is 2. The van der Waals surface area contributed by atoms with E-state index in [0.29, 0.717) is 19.6 Å². The summed E-state index contributed by atoms with van der Waals surface area (Å²) in [5, 5.41) is 10.6. The summed E-state index contributed by atoms with van der Waals surface area (Å²) < 4.78 is 5.65. The van der Waals surface area contributed by atoms with Gasteiger partial charge >= 0.3 is 6.03 Å². The van der Waals surface area contributed by atoms with Crippen molar-refractivity contribution in [3.63, 3.8) is 0 Å². The fourth-order valence-corrected chi connectivity index (χ4v) is 3.90. The first-order chi connectivity index (χ1) is 13.8. The largest absolute Gasteiger partial charge is 0.469 e. The van der Waals surface area contributed by atoms with Crippen molar-refractivity contribution < 1.29 is 9.21 Å². The number of urea groups is 1. The van der Waals surface area contributed by atoms with Crippen LogP contribution in [0.2, 0.25) is 0 Å². The van der Waals surface area contributed by atoms with E-state index in [9.17, 15) is 4.79 Å². The Morgan fingerprint density at radius 2 is 2.14 bits per heavy atom. The first-order valence-electron chi connectivity index (χ1n) is 9.92. The molecule has 4 rings (SSSR count). The summed E-state index contributed by atoms with van der Waals surface area (Å²) in [6.07, 6.45) is 4.19. The smallest absolute Gasteiger partial charge is 0.317 e. The third-order valence-corrected chi connectivity index (χ3v) is 5.44. The van der Waals surface area contributed by atoms with E-state index in [1.165, 1.54) is 16.8 Å². The van der Waals surface area contributed by atoms with Crippen LogP contribution < -0.4 is 5.32 Å². The number of amides is 2. The maximum atomic E-state index is 12.7. The maximum absolute atomic E-state index is 12.7. The normalized spacial score (nSPS) is 14.5. The summed E-state index contributed by atoms with van der Waals surface area (Å²) in [5.74, 6) is 1.05. The molecule has 0 spiro atoms. The first kappa shape index (κ1) is 18.3. The quantitative estimate of drug-likeness (QED) is 0.684. The highest BCUT2D eigenvalue weighted by molar-refractivity contribution is 5.74. The number of rotatable bonds is 6. The average molecular weight is 378 g/mol. The summed E-state index contributed by atoms with van der Waals surface area (Å²) in [7, 11) is 0. The van der Waals surface area contributed by atoms with Crippen LogP contribution >= 0.6 is 0 Å².